The number of ether oxygens (including phenoxy) is 2. The van der Waals surface area contributed by atoms with Gasteiger partial charge in [-0.25, -0.2) is 4.98 Å². The van der Waals surface area contributed by atoms with Crippen LogP contribution < -0.4 is 9.47 Å². The summed E-state index contributed by atoms with van der Waals surface area (Å²) in [6.45, 7) is 0.512. The Morgan fingerprint density at radius 3 is 2.59 bits per heavy atom. The lowest BCUT2D eigenvalue weighted by Crippen LogP contribution is -2.02. The fraction of sp³-hybridized carbons (Fsp3) is 0.286. The lowest BCUT2D eigenvalue weighted by Gasteiger charge is -2.09. The van der Waals surface area contributed by atoms with Crippen molar-refractivity contribution in [3.63, 3.8) is 0 Å². The second-order valence-corrected chi connectivity index (χ2v) is 5.89. The van der Waals surface area contributed by atoms with Gasteiger partial charge in [-0.2, -0.15) is 0 Å². The average molecular weight is 369 g/mol. The largest absolute Gasteiger partial charge is 0.497 e. The number of nitrogens with zero attached hydrogens (tertiary/aromatic N) is 1. The fourth-order valence-electron chi connectivity index (χ4n) is 2.46. The van der Waals surface area contributed by atoms with E-state index >= 15 is 0 Å². The van der Waals surface area contributed by atoms with Crippen LogP contribution in [0.4, 0.5) is 0 Å². The quantitative estimate of drug-likeness (QED) is 0.479. The van der Waals surface area contributed by atoms with Crippen LogP contribution in [0.2, 0.25) is 0 Å². The van der Waals surface area contributed by atoms with Gasteiger partial charge in [-0.3, -0.25) is 9.59 Å². The molecule has 0 fully saturated rings. The van der Waals surface area contributed by atoms with Gasteiger partial charge in [0.1, 0.15) is 22.9 Å². The van der Waals surface area contributed by atoms with E-state index < -0.39 is 5.97 Å². The topological polar surface area (TPSA) is 85.7 Å². The van der Waals surface area contributed by atoms with Crippen molar-refractivity contribution in [2.75, 3.05) is 13.7 Å². The highest BCUT2D eigenvalue weighted by Gasteiger charge is 2.05. The van der Waals surface area contributed by atoms with E-state index in [2.05, 4.69) is 4.98 Å². The molecular weight excluding hydrogens is 346 g/mol. The summed E-state index contributed by atoms with van der Waals surface area (Å²) in [5, 5.41) is 8.72. The van der Waals surface area contributed by atoms with Crippen molar-refractivity contribution >= 4 is 18.3 Å². The number of methoxy groups -OCH3 is 1. The number of pyridine rings is 1. The number of hydrogen-bond donors (Lipinski definition) is 1. The molecule has 0 unspecified atom stereocenters. The molecule has 0 radical (unpaired) electrons. The van der Waals surface area contributed by atoms with E-state index in [4.69, 9.17) is 14.6 Å². The molecule has 27 heavy (non-hydrogen) atoms. The smallest absolute Gasteiger partial charge is 0.307 e. The molecule has 142 valence electrons. The van der Waals surface area contributed by atoms with Gasteiger partial charge in [0.15, 0.2) is 6.29 Å². The van der Waals surface area contributed by atoms with Crippen molar-refractivity contribution < 1.29 is 24.2 Å². The molecule has 6 nitrogen and oxygen atoms in total. The third-order valence-corrected chi connectivity index (χ3v) is 3.87. The fourth-order valence-corrected chi connectivity index (χ4v) is 2.46. The predicted octanol–water partition coefficient (Wildman–Crippen LogP) is 3.79. The lowest BCUT2D eigenvalue weighted by molar-refractivity contribution is -0.135. The number of carboxylic acid groups (broad SMARTS) is 1. The molecule has 0 saturated carbocycles. The SMILES string of the molecule is COc1ccc(CCCCOc2ccc(C=O)nc2/C=C/CC(=O)O)cc1. The summed E-state index contributed by atoms with van der Waals surface area (Å²) < 4.78 is 10.9. The first-order chi connectivity index (χ1) is 13.1. The van der Waals surface area contributed by atoms with Gasteiger partial charge in [-0.15, -0.1) is 0 Å². The molecule has 1 N–H and O–H groups in total. The second-order valence-electron chi connectivity index (χ2n) is 5.89. The number of aldehydes is 1. The Kier molecular flexibility index (Phi) is 8.03. The normalized spacial score (nSPS) is 10.7. The summed E-state index contributed by atoms with van der Waals surface area (Å²) in [6.07, 6.45) is 6.35. The minimum absolute atomic E-state index is 0.117. The molecule has 2 rings (SSSR count). The molecule has 0 aliphatic carbocycles. The molecule has 0 bridgehead atoms. The van der Waals surface area contributed by atoms with Crippen molar-refractivity contribution in [1.82, 2.24) is 4.98 Å². The number of unbranched alkanes of at least 4 members (excludes halogenated alkanes) is 1. The van der Waals surface area contributed by atoms with Gasteiger partial charge < -0.3 is 14.6 Å². The van der Waals surface area contributed by atoms with Gasteiger partial charge in [-0.1, -0.05) is 18.2 Å². The van der Waals surface area contributed by atoms with Gasteiger partial charge in [0.25, 0.3) is 0 Å². The zero-order valence-electron chi connectivity index (χ0n) is 15.3. The number of hydrogen-bond acceptors (Lipinski definition) is 5. The molecule has 0 amide bonds. The van der Waals surface area contributed by atoms with E-state index in [0.29, 0.717) is 24.3 Å². The van der Waals surface area contributed by atoms with Crippen LogP contribution in [0.5, 0.6) is 11.5 Å². The highest BCUT2D eigenvalue weighted by Crippen LogP contribution is 2.19. The van der Waals surface area contributed by atoms with E-state index in [-0.39, 0.29) is 12.1 Å². The summed E-state index contributed by atoms with van der Waals surface area (Å²) in [4.78, 5) is 25.7. The van der Waals surface area contributed by atoms with Crippen molar-refractivity contribution in [3.05, 3.63) is 59.4 Å². The lowest BCUT2D eigenvalue weighted by atomic mass is 10.1. The zero-order valence-corrected chi connectivity index (χ0v) is 15.3. The Hall–Kier alpha value is -3.15. The molecule has 1 heterocycles. The molecule has 0 aliphatic heterocycles. The Balaban J connectivity index is 1.85. The second kappa shape index (κ2) is 10.8. The summed E-state index contributed by atoms with van der Waals surface area (Å²) in [5.41, 5.74) is 1.97. The summed E-state index contributed by atoms with van der Waals surface area (Å²) in [5.74, 6) is 0.447. The van der Waals surface area contributed by atoms with E-state index in [1.807, 2.05) is 24.3 Å². The third kappa shape index (κ3) is 6.93. The number of carbonyl (C=O) groups is 2. The van der Waals surface area contributed by atoms with Crippen molar-refractivity contribution in [2.45, 2.75) is 25.7 Å². The summed E-state index contributed by atoms with van der Waals surface area (Å²) in [6, 6.07) is 11.2. The molecule has 1 aromatic heterocycles. The van der Waals surface area contributed by atoms with Crippen LogP contribution in [0, 0.1) is 0 Å². The molecule has 2 aromatic rings. The van der Waals surface area contributed by atoms with Crippen LogP contribution in [0.15, 0.2) is 42.5 Å². The molecular formula is C21H23NO5. The van der Waals surface area contributed by atoms with E-state index in [1.54, 1.807) is 25.3 Å². The van der Waals surface area contributed by atoms with Crippen LogP contribution in [0.25, 0.3) is 6.08 Å². The molecule has 0 aliphatic rings. The highest BCUT2D eigenvalue weighted by atomic mass is 16.5. The maximum absolute atomic E-state index is 10.9. The minimum Gasteiger partial charge on any atom is -0.497 e. The van der Waals surface area contributed by atoms with Gasteiger partial charge in [0.05, 0.1) is 20.1 Å². The molecule has 6 heteroatoms. The number of aromatic nitrogens is 1. The molecule has 0 spiro atoms. The number of benzene rings is 1. The number of aliphatic carboxylic acids is 1. The first-order valence-corrected chi connectivity index (χ1v) is 8.72. The minimum atomic E-state index is -0.932. The number of carboxylic acids is 1. The standard InChI is InChI=1S/C21H23NO5/c1-26-18-11-8-16(9-12-18)5-2-3-14-27-20-13-10-17(15-23)22-19(20)6-4-7-21(24)25/h4,6,8-13,15H,2-3,5,7,14H2,1H3,(H,24,25)/b6-4+. The van der Waals surface area contributed by atoms with Crippen LogP contribution in [0.1, 0.15) is 41.0 Å². The Bertz CT molecular complexity index is 784. The van der Waals surface area contributed by atoms with Crippen LogP contribution in [-0.4, -0.2) is 36.1 Å². The third-order valence-electron chi connectivity index (χ3n) is 3.87. The highest BCUT2D eigenvalue weighted by molar-refractivity contribution is 5.74. The Labute approximate surface area is 158 Å². The molecule has 1 aromatic carbocycles. The van der Waals surface area contributed by atoms with Crippen LogP contribution in [0.3, 0.4) is 0 Å². The Morgan fingerprint density at radius 2 is 1.93 bits per heavy atom. The number of carbonyl (C=O) groups excluding carboxylic acids is 1. The first-order valence-electron chi connectivity index (χ1n) is 8.72. The van der Waals surface area contributed by atoms with E-state index in [9.17, 15) is 9.59 Å². The van der Waals surface area contributed by atoms with Crippen molar-refractivity contribution in [2.24, 2.45) is 0 Å². The number of rotatable bonds is 11. The van der Waals surface area contributed by atoms with E-state index in [1.165, 1.54) is 11.6 Å². The molecule has 0 atom stereocenters. The van der Waals surface area contributed by atoms with Crippen LogP contribution in [-0.2, 0) is 11.2 Å². The maximum Gasteiger partial charge on any atom is 0.307 e. The van der Waals surface area contributed by atoms with Crippen molar-refractivity contribution in [1.29, 1.82) is 0 Å². The van der Waals surface area contributed by atoms with Gasteiger partial charge in [0, 0.05) is 0 Å². The average Bonchev–Trinajstić information content (AvgIpc) is 2.68. The van der Waals surface area contributed by atoms with E-state index in [0.717, 1.165) is 25.0 Å². The predicted molar refractivity (Wildman–Crippen MR) is 102 cm³/mol. The van der Waals surface area contributed by atoms with Crippen LogP contribution >= 0.6 is 0 Å². The number of aryl methyl sites for hydroxylation is 1. The van der Waals surface area contributed by atoms with Gasteiger partial charge >= 0.3 is 5.97 Å². The van der Waals surface area contributed by atoms with Gasteiger partial charge in [0.2, 0.25) is 0 Å². The zero-order chi connectivity index (χ0) is 19.5. The van der Waals surface area contributed by atoms with Crippen molar-refractivity contribution in [3.8, 4) is 11.5 Å². The summed E-state index contributed by atoms with van der Waals surface area (Å²) >= 11 is 0. The maximum atomic E-state index is 10.9. The molecule has 0 saturated heterocycles. The first kappa shape index (κ1) is 20.2. The van der Waals surface area contributed by atoms with Gasteiger partial charge in [-0.05, 0) is 55.2 Å². The Morgan fingerprint density at radius 1 is 1.15 bits per heavy atom. The monoisotopic (exact) mass is 369 g/mol. The summed E-state index contributed by atoms with van der Waals surface area (Å²) in [7, 11) is 1.65.